The molecule has 0 radical (unpaired) electrons. The minimum absolute atomic E-state index is 0.126. The Hall–Kier alpha value is -2.43. The van der Waals surface area contributed by atoms with Crippen LogP contribution in [0.2, 0.25) is 0 Å². The zero-order chi connectivity index (χ0) is 13.7. The van der Waals surface area contributed by atoms with Gasteiger partial charge in [0.2, 0.25) is 0 Å². The first kappa shape index (κ1) is 13.0. The Morgan fingerprint density at radius 3 is 3.00 bits per heavy atom. The van der Waals surface area contributed by atoms with Crippen molar-refractivity contribution in [2.24, 2.45) is 0 Å². The number of para-hydroxylation sites is 1. The van der Waals surface area contributed by atoms with Crippen LogP contribution in [0, 0.1) is 0 Å². The number of hydrogen-bond acceptors (Lipinski definition) is 4. The van der Waals surface area contributed by atoms with E-state index in [0.29, 0.717) is 17.5 Å². The predicted molar refractivity (Wildman–Crippen MR) is 71.8 cm³/mol. The summed E-state index contributed by atoms with van der Waals surface area (Å²) in [4.78, 5) is 27.4. The SMILES string of the molecule is CCOC(=O)/C=C/Cn1cnc2ccccc2c1=O. The van der Waals surface area contributed by atoms with E-state index in [9.17, 15) is 9.59 Å². The Morgan fingerprint density at radius 2 is 2.21 bits per heavy atom. The Morgan fingerprint density at radius 1 is 1.42 bits per heavy atom. The lowest BCUT2D eigenvalue weighted by Gasteiger charge is -2.03. The monoisotopic (exact) mass is 258 g/mol. The van der Waals surface area contributed by atoms with Gasteiger partial charge in [-0.2, -0.15) is 0 Å². The van der Waals surface area contributed by atoms with Crippen LogP contribution in [-0.4, -0.2) is 22.1 Å². The lowest BCUT2D eigenvalue weighted by Crippen LogP contribution is -2.19. The van der Waals surface area contributed by atoms with Crippen molar-refractivity contribution in [2.45, 2.75) is 13.5 Å². The molecule has 5 heteroatoms. The summed E-state index contributed by atoms with van der Waals surface area (Å²) in [7, 11) is 0. The van der Waals surface area contributed by atoms with Crippen LogP contribution in [0.25, 0.3) is 10.9 Å². The third-order valence-corrected chi connectivity index (χ3v) is 2.57. The van der Waals surface area contributed by atoms with Gasteiger partial charge in [-0.3, -0.25) is 9.36 Å². The predicted octanol–water partition coefficient (Wildman–Crippen LogP) is 1.52. The van der Waals surface area contributed by atoms with Gasteiger partial charge in [-0.1, -0.05) is 18.2 Å². The maximum atomic E-state index is 12.1. The summed E-state index contributed by atoms with van der Waals surface area (Å²) in [6.07, 6.45) is 4.36. The molecule has 0 aliphatic carbocycles. The van der Waals surface area contributed by atoms with E-state index in [1.165, 1.54) is 17.0 Å². The number of aromatic nitrogens is 2. The van der Waals surface area contributed by atoms with Gasteiger partial charge in [0.15, 0.2) is 0 Å². The summed E-state index contributed by atoms with van der Waals surface area (Å²) in [5.74, 6) is -0.413. The Kier molecular flexibility index (Phi) is 4.07. The minimum atomic E-state index is -0.413. The van der Waals surface area contributed by atoms with Crippen LogP contribution in [0.5, 0.6) is 0 Å². The summed E-state index contributed by atoms with van der Waals surface area (Å²) in [5, 5.41) is 0.564. The van der Waals surface area contributed by atoms with Gasteiger partial charge in [0.05, 0.1) is 23.8 Å². The molecule has 2 aromatic rings. The average Bonchev–Trinajstić information content (AvgIpc) is 2.42. The summed E-state index contributed by atoms with van der Waals surface area (Å²) in [5.41, 5.74) is 0.539. The lowest BCUT2D eigenvalue weighted by atomic mass is 10.2. The van der Waals surface area contributed by atoms with E-state index >= 15 is 0 Å². The standard InChI is InChI=1S/C14H14N2O3/c1-2-19-13(17)8-5-9-16-10-15-12-7-4-3-6-11(12)14(16)18/h3-8,10H,2,9H2,1H3/b8-5+. The van der Waals surface area contributed by atoms with Crippen molar-refractivity contribution in [1.82, 2.24) is 9.55 Å². The fraction of sp³-hybridized carbons (Fsp3) is 0.214. The van der Waals surface area contributed by atoms with Gasteiger partial charge in [-0.25, -0.2) is 9.78 Å². The zero-order valence-electron chi connectivity index (χ0n) is 10.6. The second kappa shape index (κ2) is 5.95. The Balaban J connectivity index is 2.20. The van der Waals surface area contributed by atoms with E-state index < -0.39 is 5.97 Å². The average molecular weight is 258 g/mol. The molecule has 0 bridgehead atoms. The smallest absolute Gasteiger partial charge is 0.330 e. The van der Waals surface area contributed by atoms with Crippen LogP contribution >= 0.6 is 0 Å². The molecule has 98 valence electrons. The molecule has 1 aromatic carbocycles. The molecule has 19 heavy (non-hydrogen) atoms. The van der Waals surface area contributed by atoms with E-state index in [2.05, 4.69) is 4.98 Å². The highest BCUT2D eigenvalue weighted by atomic mass is 16.5. The highest BCUT2D eigenvalue weighted by molar-refractivity contribution is 5.81. The summed E-state index contributed by atoms with van der Waals surface area (Å²) < 4.78 is 6.19. The molecule has 2 rings (SSSR count). The molecule has 1 heterocycles. The Labute approximate surface area is 110 Å². The molecule has 0 unspecified atom stereocenters. The number of hydrogen-bond donors (Lipinski definition) is 0. The molecule has 0 fully saturated rings. The summed E-state index contributed by atoms with van der Waals surface area (Å²) in [6.45, 7) is 2.36. The summed E-state index contributed by atoms with van der Waals surface area (Å²) in [6, 6.07) is 7.15. The normalized spacial score (nSPS) is 11.0. The van der Waals surface area contributed by atoms with E-state index in [4.69, 9.17) is 4.74 Å². The molecule has 0 aliphatic heterocycles. The number of rotatable bonds is 4. The highest BCUT2D eigenvalue weighted by Crippen LogP contribution is 2.04. The van der Waals surface area contributed by atoms with E-state index in [-0.39, 0.29) is 12.1 Å². The van der Waals surface area contributed by atoms with E-state index in [0.717, 1.165) is 0 Å². The van der Waals surface area contributed by atoms with Crippen LogP contribution in [0.3, 0.4) is 0 Å². The van der Waals surface area contributed by atoms with Crippen molar-refractivity contribution in [3.05, 3.63) is 53.1 Å². The minimum Gasteiger partial charge on any atom is -0.463 e. The first-order valence-corrected chi connectivity index (χ1v) is 6.00. The molecule has 0 saturated carbocycles. The fourth-order valence-corrected chi connectivity index (χ4v) is 1.69. The second-order valence-electron chi connectivity index (χ2n) is 3.87. The van der Waals surface area contributed by atoms with Crippen molar-refractivity contribution in [2.75, 3.05) is 6.61 Å². The zero-order valence-corrected chi connectivity index (χ0v) is 10.6. The molecule has 0 saturated heterocycles. The molecule has 0 spiro atoms. The van der Waals surface area contributed by atoms with Crippen molar-refractivity contribution < 1.29 is 9.53 Å². The summed E-state index contributed by atoms with van der Waals surface area (Å²) >= 11 is 0. The molecular weight excluding hydrogens is 244 g/mol. The van der Waals surface area contributed by atoms with Gasteiger partial charge >= 0.3 is 5.97 Å². The van der Waals surface area contributed by atoms with Gasteiger partial charge in [-0.15, -0.1) is 0 Å². The van der Waals surface area contributed by atoms with E-state index in [1.807, 2.05) is 6.07 Å². The number of allylic oxidation sites excluding steroid dienone is 1. The van der Waals surface area contributed by atoms with Crippen LogP contribution in [-0.2, 0) is 16.1 Å². The second-order valence-corrected chi connectivity index (χ2v) is 3.87. The molecule has 0 amide bonds. The first-order chi connectivity index (χ1) is 9.22. The van der Waals surface area contributed by atoms with Gasteiger partial charge in [0.25, 0.3) is 5.56 Å². The first-order valence-electron chi connectivity index (χ1n) is 6.00. The van der Waals surface area contributed by atoms with Crippen LogP contribution in [0.15, 0.2) is 47.5 Å². The molecule has 5 nitrogen and oxygen atoms in total. The molecule has 0 aliphatic rings. The lowest BCUT2D eigenvalue weighted by molar-refractivity contribution is -0.137. The molecular formula is C14H14N2O3. The van der Waals surface area contributed by atoms with Crippen molar-refractivity contribution in [1.29, 1.82) is 0 Å². The third-order valence-electron chi connectivity index (χ3n) is 2.57. The molecule has 0 N–H and O–H groups in total. The number of nitrogens with zero attached hydrogens (tertiary/aromatic N) is 2. The number of ether oxygens (including phenoxy) is 1. The number of carbonyl (C=O) groups excluding carboxylic acids is 1. The number of benzene rings is 1. The topological polar surface area (TPSA) is 61.2 Å². The van der Waals surface area contributed by atoms with Crippen molar-refractivity contribution >= 4 is 16.9 Å². The van der Waals surface area contributed by atoms with Crippen LogP contribution in [0.1, 0.15) is 6.92 Å². The number of fused-ring (bicyclic) bond motifs is 1. The fourth-order valence-electron chi connectivity index (χ4n) is 1.69. The van der Waals surface area contributed by atoms with Crippen LogP contribution in [0.4, 0.5) is 0 Å². The maximum absolute atomic E-state index is 12.1. The van der Waals surface area contributed by atoms with Crippen molar-refractivity contribution in [3.63, 3.8) is 0 Å². The Bertz CT molecular complexity index is 674. The number of carbonyl (C=O) groups is 1. The third kappa shape index (κ3) is 3.07. The maximum Gasteiger partial charge on any atom is 0.330 e. The van der Waals surface area contributed by atoms with Crippen LogP contribution < -0.4 is 5.56 Å². The van der Waals surface area contributed by atoms with Gasteiger partial charge in [0.1, 0.15) is 0 Å². The van der Waals surface area contributed by atoms with Gasteiger partial charge in [0, 0.05) is 12.6 Å². The highest BCUT2D eigenvalue weighted by Gasteiger charge is 2.01. The molecule has 0 atom stereocenters. The largest absolute Gasteiger partial charge is 0.463 e. The van der Waals surface area contributed by atoms with E-state index in [1.54, 1.807) is 31.2 Å². The van der Waals surface area contributed by atoms with Crippen molar-refractivity contribution in [3.8, 4) is 0 Å². The number of esters is 1. The quantitative estimate of drug-likeness (QED) is 0.616. The molecule has 1 aromatic heterocycles. The van der Waals surface area contributed by atoms with Gasteiger partial charge < -0.3 is 4.74 Å². The van der Waals surface area contributed by atoms with Gasteiger partial charge in [-0.05, 0) is 19.1 Å².